The molecular formula is C21H36. The quantitative estimate of drug-likeness (QED) is 0.520. The van der Waals surface area contributed by atoms with E-state index >= 15 is 0 Å². The van der Waals surface area contributed by atoms with Gasteiger partial charge < -0.3 is 0 Å². The lowest BCUT2D eigenvalue weighted by Gasteiger charge is -2.60. The smallest absolute Gasteiger partial charge is 0.0266 e. The van der Waals surface area contributed by atoms with Crippen LogP contribution in [0.1, 0.15) is 91.4 Å². The van der Waals surface area contributed by atoms with Gasteiger partial charge in [0.25, 0.3) is 0 Å². The molecule has 4 aliphatic carbocycles. The fraction of sp³-hybridized carbons (Fsp3) is 1.00. The summed E-state index contributed by atoms with van der Waals surface area (Å²) in [5.74, 6) is 5.39. The van der Waals surface area contributed by atoms with Crippen LogP contribution in [-0.4, -0.2) is 0 Å². The average molecular weight is 289 g/mol. The molecule has 4 aliphatic rings. The first-order valence-electron chi connectivity index (χ1n) is 10.1. The van der Waals surface area contributed by atoms with Gasteiger partial charge in [-0.05, 0) is 91.8 Å². The third-order valence-electron chi connectivity index (χ3n) is 9.27. The van der Waals surface area contributed by atoms with E-state index in [0.717, 1.165) is 35.0 Å². The van der Waals surface area contributed by atoms with Gasteiger partial charge in [0, 0.05) is 0 Å². The minimum atomic E-state index is 0.716. The van der Waals surface area contributed by atoms with E-state index in [1.165, 1.54) is 19.3 Å². The zero-order chi connectivity index (χ0) is 14.7. The van der Waals surface area contributed by atoms with Crippen molar-refractivity contribution in [3.8, 4) is 0 Å². The molecule has 0 aromatic heterocycles. The zero-order valence-corrected chi connectivity index (χ0v) is 14.7. The molecule has 21 heavy (non-hydrogen) atoms. The molecule has 0 radical (unpaired) electrons. The minimum Gasteiger partial charge on any atom is -0.0651 e. The second kappa shape index (κ2) is 5.00. The second-order valence-corrected chi connectivity index (χ2v) is 9.63. The summed E-state index contributed by atoms with van der Waals surface area (Å²) in [4.78, 5) is 0. The van der Waals surface area contributed by atoms with Crippen LogP contribution in [-0.2, 0) is 0 Å². The molecule has 2 unspecified atom stereocenters. The van der Waals surface area contributed by atoms with E-state index in [1.807, 2.05) is 0 Å². The SMILES string of the molecule is CC[C@H]1CC[C@H]2[C@@H]3CCC4CCCC[C@]4(C)[C@H]3CCC12C. The molecule has 0 aromatic carbocycles. The van der Waals surface area contributed by atoms with Crippen LogP contribution in [0.5, 0.6) is 0 Å². The van der Waals surface area contributed by atoms with Gasteiger partial charge in [-0.15, -0.1) is 0 Å². The third kappa shape index (κ3) is 1.93. The average Bonchev–Trinajstić information content (AvgIpc) is 2.83. The number of fused-ring (bicyclic) bond motifs is 5. The molecule has 0 bridgehead atoms. The van der Waals surface area contributed by atoms with Gasteiger partial charge in [-0.2, -0.15) is 0 Å². The van der Waals surface area contributed by atoms with Crippen molar-refractivity contribution in [2.75, 3.05) is 0 Å². The van der Waals surface area contributed by atoms with Crippen molar-refractivity contribution in [1.29, 1.82) is 0 Å². The molecule has 0 N–H and O–H groups in total. The molecule has 0 saturated heterocycles. The topological polar surface area (TPSA) is 0 Å². The Bertz CT molecular complexity index is 399. The summed E-state index contributed by atoms with van der Waals surface area (Å²) in [6, 6.07) is 0. The Morgan fingerprint density at radius 1 is 0.762 bits per heavy atom. The highest BCUT2D eigenvalue weighted by molar-refractivity contribution is 5.08. The van der Waals surface area contributed by atoms with Crippen LogP contribution in [0.15, 0.2) is 0 Å². The van der Waals surface area contributed by atoms with Gasteiger partial charge >= 0.3 is 0 Å². The molecule has 0 aliphatic heterocycles. The number of rotatable bonds is 1. The first kappa shape index (κ1) is 14.6. The van der Waals surface area contributed by atoms with Crippen LogP contribution in [0.25, 0.3) is 0 Å². The molecule has 0 aromatic rings. The first-order chi connectivity index (χ1) is 10.1. The fourth-order valence-electron chi connectivity index (χ4n) is 8.07. The van der Waals surface area contributed by atoms with Gasteiger partial charge in [0.15, 0.2) is 0 Å². The monoisotopic (exact) mass is 288 g/mol. The van der Waals surface area contributed by atoms with Crippen LogP contribution in [0.2, 0.25) is 0 Å². The van der Waals surface area contributed by atoms with Crippen molar-refractivity contribution in [2.24, 2.45) is 40.4 Å². The fourth-order valence-corrected chi connectivity index (χ4v) is 8.07. The molecule has 0 heterocycles. The van der Waals surface area contributed by atoms with Crippen LogP contribution in [0.3, 0.4) is 0 Å². The van der Waals surface area contributed by atoms with E-state index in [1.54, 1.807) is 51.4 Å². The zero-order valence-electron chi connectivity index (χ0n) is 14.7. The molecule has 120 valence electrons. The van der Waals surface area contributed by atoms with Crippen molar-refractivity contribution < 1.29 is 0 Å². The van der Waals surface area contributed by atoms with Gasteiger partial charge in [0.1, 0.15) is 0 Å². The predicted molar refractivity (Wildman–Crippen MR) is 90.1 cm³/mol. The maximum Gasteiger partial charge on any atom is -0.0266 e. The number of hydrogen-bond acceptors (Lipinski definition) is 0. The summed E-state index contributed by atoms with van der Waals surface area (Å²) in [6.07, 6.45) is 17.0. The van der Waals surface area contributed by atoms with Gasteiger partial charge in [-0.1, -0.05) is 40.0 Å². The Labute approximate surface area is 132 Å². The Balaban J connectivity index is 1.62. The Hall–Kier alpha value is 0. The van der Waals surface area contributed by atoms with Crippen LogP contribution < -0.4 is 0 Å². The third-order valence-corrected chi connectivity index (χ3v) is 9.27. The summed E-state index contributed by atoms with van der Waals surface area (Å²) in [5, 5.41) is 0. The van der Waals surface area contributed by atoms with Crippen molar-refractivity contribution >= 4 is 0 Å². The Kier molecular flexibility index (Phi) is 3.47. The minimum absolute atomic E-state index is 0.716. The van der Waals surface area contributed by atoms with E-state index < -0.39 is 0 Å². The van der Waals surface area contributed by atoms with Crippen LogP contribution in [0, 0.1) is 40.4 Å². The van der Waals surface area contributed by atoms with E-state index in [0.29, 0.717) is 5.41 Å². The van der Waals surface area contributed by atoms with E-state index in [2.05, 4.69) is 20.8 Å². The molecular weight excluding hydrogens is 252 g/mol. The molecule has 4 saturated carbocycles. The predicted octanol–water partition coefficient (Wildman–Crippen LogP) is 6.45. The lowest BCUT2D eigenvalue weighted by Crippen LogP contribution is -2.52. The largest absolute Gasteiger partial charge is 0.0651 e. The van der Waals surface area contributed by atoms with E-state index in [4.69, 9.17) is 0 Å². The lowest BCUT2D eigenvalue weighted by molar-refractivity contribution is -0.110. The van der Waals surface area contributed by atoms with Gasteiger partial charge in [0.2, 0.25) is 0 Å². The highest BCUT2D eigenvalue weighted by Gasteiger charge is 2.59. The molecule has 7 atom stereocenters. The molecule has 4 rings (SSSR count). The highest BCUT2D eigenvalue weighted by Crippen LogP contribution is 2.67. The number of hydrogen-bond donors (Lipinski definition) is 0. The van der Waals surface area contributed by atoms with Crippen molar-refractivity contribution in [1.82, 2.24) is 0 Å². The van der Waals surface area contributed by atoms with E-state index in [9.17, 15) is 0 Å². The summed E-state index contributed by atoms with van der Waals surface area (Å²) in [5.41, 5.74) is 1.45. The molecule has 0 spiro atoms. The maximum atomic E-state index is 2.71. The molecule has 0 heteroatoms. The summed E-state index contributed by atoms with van der Waals surface area (Å²) < 4.78 is 0. The molecule has 0 nitrogen and oxygen atoms in total. The van der Waals surface area contributed by atoms with Gasteiger partial charge in [0.05, 0.1) is 0 Å². The summed E-state index contributed by atoms with van der Waals surface area (Å²) >= 11 is 0. The normalized spacial score (nSPS) is 56.4. The van der Waals surface area contributed by atoms with Crippen LogP contribution in [0.4, 0.5) is 0 Å². The van der Waals surface area contributed by atoms with Crippen LogP contribution >= 0.6 is 0 Å². The standard InChI is InChI=1S/C21H36/c1-4-15-9-11-18-17-10-8-16-7-5-6-13-20(16,2)19(17)12-14-21(15,18)3/h15-19H,4-14H2,1-3H3/t15-,16?,17-,18-,19-,20-,21?/m0/s1. The molecule has 4 fully saturated rings. The van der Waals surface area contributed by atoms with Crippen molar-refractivity contribution in [2.45, 2.75) is 91.4 Å². The van der Waals surface area contributed by atoms with Gasteiger partial charge in [-0.25, -0.2) is 0 Å². The van der Waals surface area contributed by atoms with Crippen molar-refractivity contribution in [3.05, 3.63) is 0 Å². The second-order valence-electron chi connectivity index (χ2n) is 9.63. The maximum absolute atomic E-state index is 2.71. The van der Waals surface area contributed by atoms with Gasteiger partial charge in [-0.3, -0.25) is 0 Å². The lowest BCUT2D eigenvalue weighted by atomic mass is 9.45. The Morgan fingerprint density at radius 3 is 2.38 bits per heavy atom. The first-order valence-corrected chi connectivity index (χ1v) is 10.1. The van der Waals surface area contributed by atoms with Crippen molar-refractivity contribution in [3.63, 3.8) is 0 Å². The highest BCUT2D eigenvalue weighted by atomic mass is 14.6. The summed E-state index contributed by atoms with van der Waals surface area (Å²) in [7, 11) is 0. The molecule has 0 amide bonds. The van der Waals surface area contributed by atoms with E-state index in [-0.39, 0.29) is 0 Å². The summed E-state index contributed by atoms with van der Waals surface area (Å²) in [6.45, 7) is 7.84. The Morgan fingerprint density at radius 2 is 1.57 bits per heavy atom.